The van der Waals surface area contributed by atoms with Gasteiger partial charge in [-0.3, -0.25) is 9.59 Å². The molecule has 4 rings (SSSR count). The van der Waals surface area contributed by atoms with Crippen molar-refractivity contribution in [2.75, 3.05) is 20.8 Å². The van der Waals surface area contributed by atoms with Crippen LogP contribution in [0.4, 0.5) is 0 Å². The van der Waals surface area contributed by atoms with Gasteiger partial charge < -0.3 is 19.5 Å². The van der Waals surface area contributed by atoms with Crippen LogP contribution >= 0.6 is 0 Å². The fourth-order valence-electron chi connectivity index (χ4n) is 4.20. The molecular formula is C28H25NO6. The molecule has 1 heterocycles. The summed E-state index contributed by atoms with van der Waals surface area (Å²) in [6, 6.07) is 21.9. The molecule has 0 aliphatic carbocycles. The second-order valence-electron chi connectivity index (χ2n) is 8.07. The summed E-state index contributed by atoms with van der Waals surface area (Å²) < 4.78 is 10.0. The zero-order valence-corrected chi connectivity index (χ0v) is 19.4. The molecule has 3 aromatic carbocycles. The number of ketones is 1. The number of methoxy groups -OCH3 is 2. The van der Waals surface area contributed by atoms with Crippen molar-refractivity contribution < 1.29 is 29.0 Å². The number of hydrogen-bond acceptors (Lipinski definition) is 6. The van der Waals surface area contributed by atoms with Gasteiger partial charge in [-0.25, -0.2) is 4.79 Å². The van der Waals surface area contributed by atoms with E-state index in [0.29, 0.717) is 28.9 Å². The first-order valence-corrected chi connectivity index (χ1v) is 11.1. The Balaban J connectivity index is 1.79. The highest BCUT2D eigenvalue weighted by atomic mass is 16.5. The largest absolute Gasteiger partial charge is 0.507 e. The molecule has 1 aliphatic rings. The second kappa shape index (κ2) is 10.3. The van der Waals surface area contributed by atoms with Crippen LogP contribution in [0, 0.1) is 0 Å². The molecule has 178 valence electrons. The van der Waals surface area contributed by atoms with Crippen molar-refractivity contribution in [3.63, 3.8) is 0 Å². The highest BCUT2D eigenvalue weighted by Crippen LogP contribution is 2.40. The van der Waals surface area contributed by atoms with Crippen LogP contribution in [0.5, 0.6) is 5.75 Å². The molecule has 0 saturated carbocycles. The number of amides is 1. The topological polar surface area (TPSA) is 93.1 Å². The number of carbonyl (C=O) groups is 3. The predicted octanol–water partition coefficient (Wildman–Crippen LogP) is 4.15. The van der Waals surface area contributed by atoms with Gasteiger partial charge in [0, 0.05) is 12.1 Å². The minimum atomic E-state index is -0.823. The molecule has 1 atom stereocenters. The third-order valence-electron chi connectivity index (χ3n) is 6.01. The number of aliphatic hydroxyl groups excluding tert-OH is 1. The Kier molecular flexibility index (Phi) is 6.96. The van der Waals surface area contributed by atoms with Crippen LogP contribution in [0.25, 0.3) is 5.76 Å². The molecule has 7 nitrogen and oxygen atoms in total. The van der Waals surface area contributed by atoms with Crippen molar-refractivity contribution in [1.82, 2.24) is 4.90 Å². The maximum absolute atomic E-state index is 13.2. The molecule has 0 spiro atoms. The van der Waals surface area contributed by atoms with Crippen LogP contribution in [0.1, 0.15) is 33.1 Å². The number of carbonyl (C=O) groups excluding carboxylic acids is 3. The van der Waals surface area contributed by atoms with E-state index in [1.54, 1.807) is 48.5 Å². The van der Waals surface area contributed by atoms with E-state index in [1.807, 2.05) is 30.3 Å². The fraction of sp³-hybridized carbons (Fsp3) is 0.179. The molecule has 1 fully saturated rings. The van der Waals surface area contributed by atoms with Gasteiger partial charge in [-0.15, -0.1) is 0 Å². The van der Waals surface area contributed by atoms with E-state index in [4.69, 9.17) is 9.47 Å². The highest BCUT2D eigenvalue weighted by molar-refractivity contribution is 6.46. The van der Waals surface area contributed by atoms with E-state index >= 15 is 0 Å². The van der Waals surface area contributed by atoms with Crippen LogP contribution in [-0.2, 0) is 20.7 Å². The quantitative estimate of drug-likeness (QED) is 0.241. The molecule has 0 bridgehead atoms. The maximum Gasteiger partial charge on any atom is 0.337 e. The van der Waals surface area contributed by atoms with Crippen LogP contribution in [0.3, 0.4) is 0 Å². The minimum absolute atomic E-state index is 0.0119. The molecule has 0 radical (unpaired) electrons. The summed E-state index contributed by atoms with van der Waals surface area (Å²) in [6.07, 6.45) is 0.532. The Labute approximate surface area is 203 Å². The average Bonchev–Trinajstić information content (AvgIpc) is 3.16. The van der Waals surface area contributed by atoms with Crippen molar-refractivity contribution >= 4 is 23.4 Å². The summed E-state index contributed by atoms with van der Waals surface area (Å²) in [4.78, 5) is 39.7. The number of hydrogen-bond donors (Lipinski definition) is 1. The van der Waals surface area contributed by atoms with E-state index in [0.717, 1.165) is 5.56 Å². The summed E-state index contributed by atoms with van der Waals surface area (Å²) in [5.74, 6) is -1.73. The van der Waals surface area contributed by atoms with Gasteiger partial charge in [0.2, 0.25) is 0 Å². The lowest BCUT2D eigenvalue weighted by Crippen LogP contribution is -2.31. The average molecular weight is 472 g/mol. The molecule has 7 heteroatoms. The van der Waals surface area contributed by atoms with E-state index in [9.17, 15) is 19.5 Å². The molecule has 1 aliphatic heterocycles. The summed E-state index contributed by atoms with van der Waals surface area (Å²) >= 11 is 0. The zero-order valence-electron chi connectivity index (χ0n) is 19.4. The lowest BCUT2D eigenvalue weighted by Gasteiger charge is -2.25. The Bertz CT molecular complexity index is 1280. The number of benzene rings is 3. The van der Waals surface area contributed by atoms with E-state index < -0.39 is 23.7 Å². The third kappa shape index (κ3) is 4.80. The number of esters is 1. The Morgan fingerprint density at radius 2 is 1.63 bits per heavy atom. The molecule has 35 heavy (non-hydrogen) atoms. The van der Waals surface area contributed by atoms with Crippen molar-refractivity contribution in [2.24, 2.45) is 0 Å². The lowest BCUT2D eigenvalue weighted by molar-refractivity contribution is -0.139. The van der Waals surface area contributed by atoms with Gasteiger partial charge >= 0.3 is 5.97 Å². The Morgan fingerprint density at radius 3 is 2.29 bits per heavy atom. The molecule has 1 N–H and O–H groups in total. The van der Waals surface area contributed by atoms with Crippen molar-refractivity contribution in [2.45, 2.75) is 12.5 Å². The number of rotatable bonds is 7. The second-order valence-corrected chi connectivity index (χ2v) is 8.07. The first-order valence-electron chi connectivity index (χ1n) is 11.1. The van der Waals surface area contributed by atoms with Gasteiger partial charge in [-0.05, 0) is 41.8 Å². The summed E-state index contributed by atoms with van der Waals surface area (Å²) in [6.45, 7) is 0.271. The predicted molar refractivity (Wildman–Crippen MR) is 130 cm³/mol. The van der Waals surface area contributed by atoms with Crippen LogP contribution in [0.2, 0.25) is 0 Å². The third-order valence-corrected chi connectivity index (χ3v) is 6.01. The lowest BCUT2D eigenvalue weighted by atomic mass is 9.94. The van der Waals surface area contributed by atoms with E-state index in [-0.39, 0.29) is 17.9 Å². The van der Waals surface area contributed by atoms with Gasteiger partial charge in [0.25, 0.3) is 11.7 Å². The summed E-state index contributed by atoms with van der Waals surface area (Å²) in [5, 5.41) is 11.2. The standard InChI is InChI=1S/C28H25NO6/c1-34-22-10-6-9-21(17-22)25(30)23-24(19-11-13-20(14-12-19)28(33)35-2)29(27(32)26(23)31)16-15-18-7-4-3-5-8-18/h3-14,17,24,30H,15-16H2,1-2H3/b25-23+. The SMILES string of the molecule is COC(=O)c1ccc(C2/C(=C(\O)c3cccc(OC)c3)C(=O)C(=O)N2CCc2ccccc2)cc1. The van der Waals surface area contributed by atoms with Gasteiger partial charge in [0.1, 0.15) is 11.5 Å². The number of aliphatic hydroxyl groups is 1. The van der Waals surface area contributed by atoms with Gasteiger partial charge in [0.05, 0.1) is 31.4 Å². The van der Waals surface area contributed by atoms with Crippen LogP contribution in [0.15, 0.2) is 84.4 Å². The minimum Gasteiger partial charge on any atom is -0.507 e. The van der Waals surface area contributed by atoms with E-state index in [1.165, 1.54) is 19.1 Å². The summed E-state index contributed by atoms with van der Waals surface area (Å²) in [5.41, 5.74) is 2.30. The smallest absolute Gasteiger partial charge is 0.337 e. The Morgan fingerprint density at radius 1 is 0.914 bits per heavy atom. The molecule has 1 unspecified atom stereocenters. The summed E-state index contributed by atoms with van der Waals surface area (Å²) in [7, 11) is 2.80. The first-order chi connectivity index (χ1) is 16.9. The van der Waals surface area contributed by atoms with Crippen molar-refractivity contribution in [3.8, 4) is 5.75 Å². The zero-order chi connectivity index (χ0) is 24.9. The van der Waals surface area contributed by atoms with Gasteiger partial charge in [-0.1, -0.05) is 54.6 Å². The first kappa shape index (κ1) is 23.8. The number of nitrogens with zero attached hydrogens (tertiary/aromatic N) is 1. The fourth-order valence-corrected chi connectivity index (χ4v) is 4.20. The molecular weight excluding hydrogens is 446 g/mol. The number of ether oxygens (including phenoxy) is 2. The molecule has 1 amide bonds. The maximum atomic E-state index is 13.2. The van der Waals surface area contributed by atoms with Crippen molar-refractivity contribution in [3.05, 3.63) is 107 Å². The number of Topliss-reactive ketones (excluding diaryl/α,β-unsaturated/α-hetero) is 1. The molecule has 0 aromatic heterocycles. The normalized spacial score (nSPS) is 16.9. The van der Waals surface area contributed by atoms with Gasteiger partial charge in [0.15, 0.2) is 0 Å². The Hall–Kier alpha value is -4.39. The van der Waals surface area contributed by atoms with Crippen LogP contribution in [-0.4, -0.2) is 48.4 Å². The highest BCUT2D eigenvalue weighted by Gasteiger charge is 2.45. The van der Waals surface area contributed by atoms with Crippen LogP contribution < -0.4 is 4.74 Å². The monoisotopic (exact) mass is 471 g/mol. The molecule has 3 aromatic rings. The van der Waals surface area contributed by atoms with E-state index in [2.05, 4.69) is 0 Å². The van der Waals surface area contributed by atoms with Gasteiger partial charge in [-0.2, -0.15) is 0 Å². The number of likely N-dealkylation sites (tertiary alicyclic amines) is 1. The molecule has 1 saturated heterocycles. The van der Waals surface area contributed by atoms with Crippen molar-refractivity contribution in [1.29, 1.82) is 0 Å².